The molecule has 0 bridgehead atoms. The zero-order chi connectivity index (χ0) is 86.6. The van der Waals surface area contributed by atoms with Crippen LogP contribution >= 0.6 is 0 Å². The molecule has 4 rings (SSSR count). The van der Waals surface area contributed by atoms with Gasteiger partial charge in [-0.15, -0.1) is 0 Å². The molecule has 4 amide bonds. The van der Waals surface area contributed by atoms with Crippen LogP contribution in [0.25, 0.3) is 0 Å². The van der Waals surface area contributed by atoms with E-state index < -0.39 is 232 Å². The fourth-order valence-corrected chi connectivity index (χ4v) is 13.6. The molecule has 121 heavy (non-hydrogen) atoms. The van der Waals surface area contributed by atoms with Gasteiger partial charge in [0.05, 0.1) is 97.8 Å². The van der Waals surface area contributed by atoms with Crippen molar-refractivity contribution >= 4 is 95.3 Å². The molecule has 0 aromatic carbocycles. The van der Waals surface area contributed by atoms with Crippen molar-refractivity contribution in [3.8, 4) is 0 Å². The Morgan fingerprint density at radius 1 is 0.157 bits per heavy atom. The van der Waals surface area contributed by atoms with Gasteiger partial charge in [0.2, 0.25) is 23.6 Å². The summed E-state index contributed by atoms with van der Waals surface area (Å²) in [5.41, 5.74) is -1.81. The van der Waals surface area contributed by atoms with Crippen LogP contribution in [-0.4, -0.2) is 514 Å². The summed E-state index contributed by atoms with van der Waals surface area (Å²) in [7, 11) is 0. The standard InChI is InChI=1S/C69H120N20O28.4Gd/c90-53(33-74-1-9-78(37-57(94)95)17-25-86(45-65(110)111)26-18-79(10-2-74)38-58(96)97)70-49-69(50-71-54(91)34-75-3-11-80(39-59(98)99)19-27-87(46-66(112)113)28-20-81(12-4-75)40-60(100)101,51-72-55(92)35-76-5-13-82(41-61(102)103)21-29-88(47-67(114)115)30-22-83(14-6-76)42-62(104)105)52-73-56(93)36-77-7-15-84(43-63(106)107)23-31-89(48-68(116)117)32-24-85(16-8-77)44-64(108)109;;;;/h1-52H2,(H,70,90)(H,71,91)(H,72,92)(H,73,93)(H,94,95)(H,96,97)(H,98,99)(H,100,101)(H,102,103)(H,104,105)(H,106,107)(H,108,109)(H,110,111)(H,112,113)(H,114,115)(H,116,117);;;;/q;4*+3/p-12. The first-order valence-corrected chi connectivity index (χ1v) is 38.4. The summed E-state index contributed by atoms with van der Waals surface area (Å²) in [4.78, 5) is 226. The molecular formula is C69H108Gd4N20O28. The van der Waals surface area contributed by atoms with Gasteiger partial charge in [-0.25, -0.2) is 0 Å². The third-order valence-electron chi connectivity index (χ3n) is 20.1. The van der Waals surface area contributed by atoms with Crippen molar-refractivity contribution < 1.29 is 298 Å². The fraction of sp³-hybridized carbons (Fsp3) is 0.768. The van der Waals surface area contributed by atoms with Crippen molar-refractivity contribution in [3.63, 3.8) is 0 Å². The predicted molar refractivity (Wildman–Crippen MR) is 378 cm³/mol. The Hall–Kier alpha value is -3.82. The summed E-state index contributed by atoms with van der Waals surface area (Å²) in [6.45, 7) is -14.3. The molecule has 0 aliphatic carbocycles. The Bertz CT molecular complexity index is 2750. The molecule has 4 saturated heterocycles. The van der Waals surface area contributed by atoms with Crippen molar-refractivity contribution in [2.24, 2.45) is 5.41 Å². The van der Waals surface area contributed by atoms with Gasteiger partial charge < -0.3 is 140 Å². The minimum atomic E-state index is -1.81. The molecule has 0 atom stereocenters. The first-order valence-electron chi connectivity index (χ1n) is 38.4. The molecule has 684 valence electrons. The fourth-order valence-electron chi connectivity index (χ4n) is 13.6. The molecule has 4 radical (unpaired) electrons. The summed E-state index contributed by atoms with van der Waals surface area (Å²) in [5, 5.41) is 155. The van der Waals surface area contributed by atoms with Gasteiger partial charge in [-0.2, -0.15) is 0 Å². The van der Waals surface area contributed by atoms with E-state index in [2.05, 4.69) is 21.3 Å². The summed E-state index contributed by atoms with van der Waals surface area (Å²) in [6, 6.07) is 0. The molecule has 0 aromatic heterocycles. The van der Waals surface area contributed by atoms with Crippen molar-refractivity contribution in [2.45, 2.75) is 0 Å². The average Bonchev–Trinajstić information content (AvgIpc) is 0.841. The molecular weight excluding hydrogens is 2190 g/mol. The predicted octanol–water partition coefficient (Wildman–Crippen LogP) is -27.7. The number of carbonyl (C=O) groups excluding carboxylic acids is 16. The van der Waals surface area contributed by atoms with E-state index in [-0.39, 0.29) is 369 Å². The SMILES string of the molecule is O=C([O-])CN1CCN(CC(=O)[O-])CCN(CC(=O)NCC(CNC(=O)CN2CCN(CC(=O)[O-])CCN(CC(=O)[O-])CCN(CC(=O)[O-])CC2)(CNC(=O)CN2CCN(CC(=O)[O-])CCN(CC(=O)[O-])CCN(CC(=O)[O-])CC2)CNC(=O)CN2CCN(CC(=O)[O-])CCN(CC(=O)[O-])CCN(CC(=O)[O-])CC2)CCN(CC(=O)[O-])CC1.[Gd+3].[Gd+3].[Gd+3].[Gd+3]. The number of amides is 4. The second kappa shape index (κ2) is 64.8. The smallest absolute Gasteiger partial charge is 0.549 e. The molecule has 0 saturated carbocycles. The van der Waals surface area contributed by atoms with Gasteiger partial charge in [0.1, 0.15) is 0 Å². The minimum absolute atomic E-state index is 0. The molecule has 4 aliphatic rings. The molecule has 48 nitrogen and oxygen atoms in total. The van der Waals surface area contributed by atoms with Crippen LogP contribution in [0.5, 0.6) is 0 Å². The van der Waals surface area contributed by atoms with Crippen molar-refractivity contribution in [3.05, 3.63) is 0 Å². The van der Waals surface area contributed by atoms with E-state index in [1.165, 1.54) is 58.8 Å². The molecule has 0 aromatic rings. The topological polar surface area (TPSA) is 650 Å². The number of carboxylic acids is 12. The Morgan fingerprint density at radius 3 is 0.306 bits per heavy atom. The van der Waals surface area contributed by atoms with Gasteiger partial charge in [-0.3, -0.25) is 97.6 Å². The van der Waals surface area contributed by atoms with E-state index >= 15 is 0 Å². The zero-order valence-electron chi connectivity index (χ0n) is 67.3. The molecule has 4 fully saturated rings. The van der Waals surface area contributed by atoms with E-state index in [0.29, 0.717) is 0 Å². The van der Waals surface area contributed by atoms with Gasteiger partial charge in [-0.05, 0) is 0 Å². The summed E-state index contributed by atoms with van der Waals surface area (Å²) >= 11 is 0. The molecule has 52 heteroatoms. The van der Waals surface area contributed by atoms with Gasteiger partial charge in [-0.1, -0.05) is 0 Å². The van der Waals surface area contributed by atoms with Gasteiger partial charge in [0.15, 0.2) is 0 Å². The second-order valence-electron chi connectivity index (χ2n) is 29.5. The van der Waals surface area contributed by atoms with Crippen molar-refractivity contribution in [1.82, 2.24) is 99.7 Å². The third-order valence-corrected chi connectivity index (χ3v) is 20.1. The Kier molecular flexibility index (Phi) is 62.8. The first-order chi connectivity index (χ1) is 55.3. The van der Waals surface area contributed by atoms with Crippen molar-refractivity contribution in [1.29, 1.82) is 0 Å². The van der Waals surface area contributed by atoms with Gasteiger partial charge in [0.25, 0.3) is 0 Å². The van der Waals surface area contributed by atoms with Crippen LogP contribution in [0.3, 0.4) is 0 Å². The Morgan fingerprint density at radius 2 is 0.231 bits per heavy atom. The Balaban J connectivity index is 0.0000360. The number of carbonyl (C=O) groups is 16. The summed E-state index contributed by atoms with van der Waals surface area (Å²) < 4.78 is 0. The van der Waals surface area contributed by atoms with Crippen LogP contribution in [0.4, 0.5) is 0 Å². The largest absolute Gasteiger partial charge is 3.00 e. The molecule has 4 heterocycles. The Labute approximate surface area is 829 Å². The minimum Gasteiger partial charge on any atom is -0.549 e. The van der Waals surface area contributed by atoms with E-state index in [0.717, 1.165) is 0 Å². The monoisotopic (exact) mass is 2300 g/mol. The summed E-state index contributed by atoms with van der Waals surface area (Å²) in [6.07, 6.45) is 0. The number of rotatable bonds is 40. The molecule has 4 aliphatic heterocycles. The average molecular weight is 2290 g/mol. The number of nitrogens with zero attached hydrogens (tertiary/aromatic N) is 16. The normalized spacial score (nSPS) is 19.0. The number of aliphatic carboxylic acids is 12. The molecule has 0 spiro atoms. The molecule has 4 N–H and O–H groups in total. The quantitative estimate of drug-likeness (QED) is 0.0442. The van der Waals surface area contributed by atoms with Crippen LogP contribution < -0.4 is 82.5 Å². The maximum atomic E-state index is 14.8. The number of hydrogen-bond donors (Lipinski definition) is 4. The first kappa shape index (κ1) is 117. The number of carboxylic acid groups (broad SMARTS) is 12. The number of hydrogen-bond acceptors (Lipinski definition) is 44. The zero-order valence-corrected chi connectivity index (χ0v) is 76.3. The maximum absolute atomic E-state index is 14.8. The van der Waals surface area contributed by atoms with E-state index in [4.69, 9.17) is 0 Å². The summed E-state index contributed by atoms with van der Waals surface area (Å²) in [5.74, 6) is -21.1. The van der Waals surface area contributed by atoms with Crippen molar-refractivity contribution in [2.75, 3.05) is 340 Å². The van der Waals surface area contributed by atoms with Crippen LogP contribution in [0, 0.1) is 165 Å². The second-order valence-corrected chi connectivity index (χ2v) is 29.5. The van der Waals surface area contributed by atoms with E-state index in [1.54, 1.807) is 19.6 Å². The van der Waals surface area contributed by atoms with Crippen LogP contribution in [0.1, 0.15) is 0 Å². The number of nitrogens with one attached hydrogen (secondary N) is 4. The van der Waals surface area contributed by atoms with E-state index in [1.807, 2.05) is 0 Å². The third kappa shape index (κ3) is 56.2. The van der Waals surface area contributed by atoms with E-state index in [9.17, 15) is 138 Å². The van der Waals surface area contributed by atoms with Gasteiger partial charge >= 0.3 is 160 Å². The maximum Gasteiger partial charge on any atom is 3.00 e. The van der Waals surface area contributed by atoms with Crippen LogP contribution in [0.2, 0.25) is 0 Å². The van der Waals surface area contributed by atoms with Crippen LogP contribution in [-0.2, 0) is 76.7 Å². The van der Waals surface area contributed by atoms with Gasteiger partial charge in [0, 0.05) is 320 Å². The molecule has 0 unspecified atom stereocenters. The van der Waals surface area contributed by atoms with Crippen LogP contribution in [0.15, 0.2) is 0 Å².